The summed E-state index contributed by atoms with van der Waals surface area (Å²) < 4.78 is 0. The van der Waals surface area contributed by atoms with E-state index < -0.39 is 0 Å². The van der Waals surface area contributed by atoms with Gasteiger partial charge in [-0.1, -0.05) is 20.8 Å². The van der Waals surface area contributed by atoms with Gasteiger partial charge in [-0.25, -0.2) is 0 Å². The lowest BCUT2D eigenvalue weighted by molar-refractivity contribution is 0.582. The second-order valence-electron chi connectivity index (χ2n) is 8.62. The van der Waals surface area contributed by atoms with Crippen LogP contribution in [0.25, 0.3) is 21.8 Å². The summed E-state index contributed by atoms with van der Waals surface area (Å²) in [6, 6.07) is 0. The Hall–Kier alpha value is -1.76. The zero-order valence-corrected chi connectivity index (χ0v) is 17.0. The SMILES string of the molecule is Cc1c(C)c(C)c2c([nH]c3c(C)c(C)c(C(C)(C)C)c(C)c32)c1C. The summed E-state index contributed by atoms with van der Waals surface area (Å²) in [5.41, 5.74) is 14.2. The molecule has 1 N–H and O–H groups in total. The van der Waals surface area contributed by atoms with Crippen molar-refractivity contribution in [2.75, 3.05) is 0 Å². The predicted octanol–water partition coefficient (Wildman–Crippen LogP) is 6.78. The molecule has 1 heteroatoms. The molecular formula is C23H31N. The summed E-state index contributed by atoms with van der Waals surface area (Å²) in [6.07, 6.45) is 0. The third-order valence-corrected chi connectivity index (χ3v) is 6.25. The van der Waals surface area contributed by atoms with Crippen LogP contribution in [0.4, 0.5) is 0 Å². The molecule has 0 fully saturated rings. The number of fused-ring (bicyclic) bond motifs is 3. The molecule has 0 bridgehead atoms. The fourth-order valence-corrected chi connectivity index (χ4v) is 4.66. The first-order chi connectivity index (χ1) is 11.0. The molecule has 0 aliphatic rings. The normalized spacial score (nSPS) is 12.6. The van der Waals surface area contributed by atoms with Crippen LogP contribution in [0.5, 0.6) is 0 Å². The molecule has 0 saturated carbocycles. The van der Waals surface area contributed by atoms with E-state index in [-0.39, 0.29) is 5.41 Å². The molecule has 24 heavy (non-hydrogen) atoms. The van der Waals surface area contributed by atoms with Crippen molar-refractivity contribution < 1.29 is 0 Å². The van der Waals surface area contributed by atoms with Gasteiger partial charge in [-0.2, -0.15) is 0 Å². The molecule has 1 nitrogen and oxygen atoms in total. The maximum atomic E-state index is 3.78. The molecule has 0 aliphatic carbocycles. The monoisotopic (exact) mass is 321 g/mol. The summed E-state index contributed by atoms with van der Waals surface area (Å²) >= 11 is 0. The molecule has 0 radical (unpaired) electrons. The van der Waals surface area contributed by atoms with Crippen molar-refractivity contribution in [1.82, 2.24) is 4.98 Å². The summed E-state index contributed by atoms with van der Waals surface area (Å²) in [7, 11) is 0. The van der Waals surface area contributed by atoms with Gasteiger partial charge in [-0.15, -0.1) is 0 Å². The van der Waals surface area contributed by atoms with Crippen LogP contribution in [-0.2, 0) is 5.41 Å². The molecule has 0 spiro atoms. The van der Waals surface area contributed by atoms with Crippen molar-refractivity contribution >= 4 is 21.8 Å². The van der Waals surface area contributed by atoms with Gasteiger partial charge in [0.15, 0.2) is 0 Å². The van der Waals surface area contributed by atoms with Crippen LogP contribution >= 0.6 is 0 Å². The molecule has 0 unspecified atom stereocenters. The smallest absolute Gasteiger partial charge is 0.0500 e. The van der Waals surface area contributed by atoms with Gasteiger partial charge in [0.05, 0.1) is 0 Å². The van der Waals surface area contributed by atoms with Crippen molar-refractivity contribution in [1.29, 1.82) is 0 Å². The van der Waals surface area contributed by atoms with E-state index >= 15 is 0 Å². The van der Waals surface area contributed by atoms with E-state index in [0.717, 1.165) is 0 Å². The zero-order chi connectivity index (χ0) is 18.1. The molecule has 1 aromatic heterocycles. The number of hydrogen-bond acceptors (Lipinski definition) is 0. The van der Waals surface area contributed by atoms with Crippen LogP contribution in [0, 0.1) is 48.5 Å². The van der Waals surface area contributed by atoms with Crippen molar-refractivity contribution in [2.24, 2.45) is 0 Å². The van der Waals surface area contributed by atoms with Gasteiger partial charge in [0.1, 0.15) is 0 Å². The average molecular weight is 322 g/mol. The number of aryl methyl sites for hydroxylation is 4. The highest BCUT2D eigenvalue weighted by Gasteiger charge is 2.25. The first-order valence-corrected chi connectivity index (χ1v) is 9.00. The van der Waals surface area contributed by atoms with Gasteiger partial charge in [0, 0.05) is 21.8 Å². The number of rotatable bonds is 0. The van der Waals surface area contributed by atoms with Gasteiger partial charge in [-0.3, -0.25) is 0 Å². The first kappa shape index (κ1) is 17.1. The van der Waals surface area contributed by atoms with Gasteiger partial charge in [-0.05, 0) is 98.4 Å². The lowest BCUT2D eigenvalue weighted by Crippen LogP contribution is -2.16. The topological polar surface area (TPSA) is 15.8 Å². The lowest BCUT2D eigenvalue weighted by atomic mass is 9.78. The number of aromatic amines is 1. The number of benzene rings is 2. The van der Waals surface area contributed by atoms with Crippen LogP contribution in [0.15, 0.2) is 0 Å². The zero-order valence-electron chi connectivity index (χ0n) is 17.0. The highest BCUT2D eigenvalue weighted by atomic mass is 14.7. The van der Waals surface area contributed by atoms with E-state index in [9.17, 15) is 0 Å². The maximum Gasteiger partial charge on any atom is 0.0500 e. The molecular weight excluding hydrogens is 290 g/mol. The van der Waals surface area contributed by atoms with E-state index in [0.29, 0.717) is 0 Å². The van der Waals surface area contributed by atoms with E-state index in [1.807, 2.05) is 0 Å². The van der Waals surface area contributed by atoms with Crippen LogP contribution in [0.1, 0.15) is 65.3 Å². The van der Waals surface area contributed by atoms with Crippen LogP contribution in [-0.4, -0.2) is 4.98 Å². The Kier molecular flexibility index (Phi) is 3.64. The number of aromatic nitrogens is 1. The van der Waals surface area contributed by atoms with Crippen molar-refractivity contribution in [3.63, 3.8) is 0 Å². The molecule has 0 atom stereocenters. The summed E-state index contributed by atoms with van der Waals surface area (Å²) in [5.74, 6) is 0. The lowest BCUT2D eigenvalue weighted by Gasteiger charge is -2.26. The predicted molar refractivity (Wildman–Crippen MR) is 108 cm³/mol. The minimum Gasteiger partial charge on any atom is -0.354 e. The Morgan fingerprint density at radius 2 is 0.917 bits per heavy atom. The molecule has 3 aromatic rings. The maximum absolute atomic E-state index is 3.78. The van der Waals surface area contributed by atoms with Gasteiger partial charge < -0.3 is 4.98 Å². The van der Waals surface area contributed by atoms with Crippen LogP contribution < -0.4 is 0 Å². The Bertz CT molecular complexity index is 991. The molecule has 0 aliphatic heterocycles. The van der Waals surface area contributed by atoms with Crippen molar-refractivity contribution in [3.8, 4) is 0 Å². The van der Waals surface area contributed by atoms with Gasteiger partial charge >= 0.3 is 0 Å². The summed E-state index contributed by atoms with van der Waals surface area (Å²) in [6.45, 7) is 22.9. The molecule has 128 valence electrons. The second kappa shape index (κ2) is 5.12. The molecule has 3 rings (SSSR count). The van der Waals surface area contributed by atoms with E-state index in [1.54, 1.807) is 0 Å². The fraction of sp³-hybridized carbons (Fsp3) is 0.478. The third kappa shape index (κ3) is 2.06. The Balaban J connectivity index is 2.70. The van der Waals surface area contributed by atoms with E-state index in [1.165, 1.54) is 66.3 Å². The molecule has 0 amide bonds. The fourth-order valence-electron chi connectivity index (χ4n) is 4.66. The van der Waals surface area contributed by atoms with Gasteiger partial charge in [0.25, 0.3) is 0 Å². The minimum absolute atomic E-state index is 0.152. The molecule has 1 heterocycles. The highest BCUT2D eigenvalue weighted by Crippen LogP contribution is 2.42. The quantitative estimate of drug-likeness (QED) is 0.470. The number of nitrogens with one attached hydrogen (secondary N) is 1. The molecule has 2 aromatic carbocycles. The van der Waals surface area contributed by atoms with Crippen LogP contribution in [0.3, 0.4) is 0 Å². The molecule has 0 saturated heterocycles. The van der Waals surface area contributed by atoms with Gasteiger partial charge in [0.2, 0.25) is 0 Å². The van der Waals surface area contributed by atoms with Crippen LogP contribution in [0.2, 0.25) is 0 Å². The van der Waals surface area contributed by atoms with Crippen molar-refractivity contribution in [3.05, 3.63) is 44.5 Å². The Morgan fingerprint density at radius 3 is 1.42 bits per heavy atom. The van der Waals surface area contributed by atoms with Crippen molar-refractivity contribution in [2.45, 2.75) is 74.7 Å². The second-order valence-corrected chi connectivity index (χ2v) is 8.62. The Morgan fingerprint density at radius 1 is 0.500 bits per heavy atom. The third-order valence-electron chi connectivity index (χ3n) is 6.25. The average Bonchev–Trinajstić information content (AvgIpc) is 2.88. The summed E-state index contributed by atoms with van der Waals surface area (Å²) in [5, 5.41) is 2.86. The van der Waals surface area contributed by atoms with E-state index in [2.05, 4.69) is 74.2 Å². The minimum atomic E-state index is 0.152. The standard InChI is InChI=1S/C23H31N/c1-11-12(2)15(5)21-18(13(11)3)19-17(7)20(23(8,9)10)14(4)16(6)22(19)24-21/h24H,1-10H3. The summed E-state index contributed by atoms with van der Waals surface area (Å²) in [4.78, 5) is 3.78. The number of H-pyrrole nitrogens is 1. The Labute approximate surface area is 146 Å². The van der Waals surface area contributed by atoms with E-state index in [4.69, 9.17) is 0 Å². The first-order valence-electron chi connectivity index (χ1n) is 9.00. The largest absolute Gasteiger partial charge is 0.354 e. The highest BCUT2D eigenvalue weighted by molar-refractivity contribution is 6.13. The number of hydrogen-bond donors (Lipinski definition) is 1.